The molecule has 0 atom stereocenters. The van der Waals surface area contributed by atoms with Crippen molar-refractivity contribution in [1.29, 1.82) is 0 Å². The summed E-state index contributed by atoms with van der Waals surface area (Å²) in [6, 6.07) is 7.41. The van der Waals surface area contributed by atoms with Crippen molar-refractivity contribution < 1.29 is 14.3 Å². The van der Waals surface area contributed by atoms with E-state index < -0.39 is 0 Å². The average molecular weight is 280 g/mol. The highest BCUT2D eigenvalue weighted by Crippen LogP contribution is 2.17. The van der Waals surface area contributed by atoms with Crippen molar-refractivity contribution in [3.05, 3.63) is 24.3 Å². The molecular formula is C15H24N2O3. The average Bonchev–Trinajstić information content (AvgIpc) is 2.49. The van der Waals surface area contributed by atoms with Crippen molar-refractivity contribution in [2.24, 2.45) is 0 Å². The zero-order valence-corrected chi connectivity index (χ0v) is 12.3. The van der Waals surface area contributed by atoms with Crippen molar-refractivity contribution in [3.8, 4) is 11.5 Å². The molecule has 1 rings (SSSR count). The van der Waals surface area contributed by atoms with Gasteiger partial charge in [-0.1, -0.05) is 6.92 Å². The largest absolute Gasteiger partial charge is 0.497 e. The van der Waals surface area contributed by atoms with Crippen molar-refractivity contribution in [2.45, 2.75) is 19.8 Å². The third-order valence-electron chi connectivity index (χ3n) is 2.75. The molecule has 112 valence electrons. The first-order valence-corrected chi connectivity index (χ1v) is 7.00. The highest BCUT2D eigenvalue weighted by molar-refractivity contribution is 5.75. The van der Waals surface area contributed by atoms with Gasteiger partial charge in [-0.3, -0.25) is 4.79 Å². The number of nitrogens with one attached hydrogen (secondary N) is 2. The van der Waals surface area contributed by atoms with Crippen LogP contribution < -0.4 is 20.1 Å². The summed E-state index contributed by atoms with van der Waals surface area (Å²) in [5.41, 5.74) is 0. The Morgan fingerprint density at radius 2 is 1.85 bits per heavy atom. The Balaban J connectivity index is 2.07. The van der Waals surface area contributed by atoms with Gasteiger partial charge in [0.1, 0.15) is 11.5 Å². The molecule has 0 fully saturated rings. The molecule has 0 radical (unpaired) electrons. The lowest BCUT2D eigenvalue weighted by atomic mass is 10.3. The van der Waals surface area contributed by atoms with Crippen molar-refractivity contribution in [1.82, 2.24) is 10.6 Å². The van der Waals surface area contributed by atoms with Crippen LogP contribution in [0.2, 0.25) is 0 Å². The van der Waals surface area contributed by atoms with Gasteiger partial charge in [0.15, 0.2) is 0 Å². The van der Waals surface area contributed by atoms with E-state index in [9.17, 15) is 4.79 Å². The number of methoxy groups -OCH3 is 1. The number of benzene rings is 1. The molecule has 0 saturated heterocycles. The molecule has 0 aliphatic rings. The van der Waals surface area contributed by atoms with Crippen molar-refractivity contribution in [3.63, 3.8) is 0 Å². The fourth-order valence-corrected chi connectivity index (χ4v) is 1.65. The molecule has 1 amide bonds. The standard InChI is InChI=1S/C15H24N2O3/c1-3-16-10-11-17-15(18)5-4-12-20-14-8-6-13(19-2)7-9-14/h6-9,16H,3-5,10-12H2,1-2H3,(H,17,18). The number of hydrogen-bond donors (Lipinski definition) is 2. The van der Waals surface area contributed by atoms with E-state index in [1.54, 1.807) is 7.11 Å². The predicted molar refractivity (Wildman–Crippen MR) is 79.3 cm³/mol. The zero-order valence-electron chi connectivity index (χ0n) is 12.3. The van der Waals surface area contributed by atoms with Crippen LogP contribution in [0.5, 0.6) is 11.5 Å². The van der Waals surface area contributed by atoms with Gasteiger partial charge in [-0.15, -0.1) is 0 Å². The maximum absolute atomic E-state index is 11.5. The van der Waals surface area contributed by atoms with Crippen LogP contribution in [0.4, 0.5) is 0 Å². The highest BCUT2D eigenvalue weighted by Gasteiger charge is 2.01. The van der Waals surface area contributed by atoms with Gasteiger partial charge in [0, 0.05) is 19.5 Å². The molecule has 0 saturated carbocycles. The van der Waals surface area contributed by atoms with Crippen LogP contribution in [0.1, 0.15) is 19.8 Å². The number of hydrogen-bond acceptors (Lipinski definition) is 4. The molecule has 0 aliphatic heterocycles. The normalized spacial score (nSPS) is 10.1. The molecule has 0 heterocycles. The SMILES string of the molecule is CCNCCNC(=O)CCCOc1ccc(OC)cc1. The molecule has 5 heteroatoms. The maximum Gasteiger partial charge on any atom is 0.220 e. The lowest BCUT2D eigenvalue weighted by Gasteiger charge is -2.08. The minimum absolute atomic E-state index is 0.0706. The first kappa shape index (κ1) is 16.3. The van der Waals surface area contributed by atoms with Gasteiger partial charge in [0.2, 0.25) is 5.91 Å². The smallest absolute Gasteiger partial charge is 0.220 e. The topological polar surface area (TPSA) is 59.6 Å². The van der Waals surface area contributed by atoms with Gasteiger partial charge < -0.3 is 20.1 Å². The minimum Gasteiger partial charge on any atom is -0.497 e. The van der Waals surface area contributed by atoms with Crippen LogP contribution in [0.25, 0.3) is 0 Å². The molecule has 2 N–H and O–H groups in total. The lowest BCUT2D eigenvalue weighted by Crippen LogP contribution is -2.31. The molecule has 0 bridgehead atoms. The molecule has 0 unspecified atom stereocenters. The Bertz CT molecular complexity index is 379. The molecule has 1 aromatic carbocycles. The molecule has 20 heavy (non-hydrogen) atoms. The van der Waals surface area contributed by atoms with Gasteiger partial charge in [0.05, 0.1) is 13.7 Å². The Kier molecular flexibility index (Phi) is 8.22. The second-order valence-corrected chi connectivity index (χ2v) is 4.33. The van der Waals surface area contributed by atoms with Crippen LogP contribution in [-0.4, -0.2) is 39.3 Å². The van der Waals surface area contributed by atoms with E-state index in [1.807, 2.05) is 31.2 Å². The predicted octanol–water partition coefficient (Wildman–Crippen LogP) is 1.58. The third-order valence-corrected chi connectivity index (χ3v) is 2.75. The second kappa shape index (κ2) is 10.1. The monoisotopic (exact) mass is 280 g/mol. The van der Waals surface area contributed by atoms with Gasteiger partial charge in [-0.25, -0.2) is 0 Å². The number of rotatable bonds is 10. The summed E-state index contributed by atoms with van der Waals surface area (Å²) in [5, 5.41) is 6.01. The molecule has 0 spiro atoms. The summed E-state index contributed by atoms with van der Waals surface area (Å²) in [4.78, 5) is 11.5. The number of carbonyl (C=O) groups is 1. The van der Waals surface area contributed by atoms with Crippen LogP contribution in [-0.2, 0) is 4.79 Å². The second-order valence-electron chi connectivity index (χ2n) is 4.33. The Hall–Kier alpha value is -1.75. The third kappa shape index (κ3) is 6.99. The van der Waals surface area contributed by atoms with E-state index in [0.717, 1.165) is 24.6 Å². The Morgan fingerprint density at radius 1 is 1.15 bits per heavy atom. The number of carbonyl (C=O) groups excluding carboxylic acids is 1. The quantitative estimate of drug-likeness (QED) is 0.639. The summed E-state index contributed by atoms with van der Waals surface area (Å²) < 4.78 is 10.6. The van der Waals surface area contributed by atoms with Crippen molar-refractivity contribution >= 4 is 5.91 Å². The fourth-order valence-electron chi connectivity index (χ4n) is 1.65. The fraction of sp³-hybridized carbons (Fsp3) is 0.533. The molecule has 0 aliphatic carbocycles. The summed E-state index contributed by atoms with van der Waals surface area (Å²) in [6.45, 7) is 4.98. The summed E-state index contributed by atoms with van der Waals surface area (Å²) in [7, 11) is 1.63. The zero-order chi connectivity index (χ0) is 14.6. The van der Waals surface area contributed by atoms with E-state index in [-0.39, 0.29) is 5.91 Å². The summed E-state index contributed by atoms with van der Waals surface area (Å²) in [5.74, 6) is 1.66. The number of amides is 1. The van der Waals surface area contributed by atoms with E-state index in [1.165, 1.54) is 0 Å². The highest BCUT2D eigenvalue weighted by atomic mass is 16.5. The van der Waals surface area contributed by atoms with Crippen LogP contribution in [0.15, 0.2) is 24.3 Å². The molecular weight excluding hydrogens is 256 g/mol. The van der Waals surface area contributed by atoms with E-state index in [2.05, 4.69) is 10.6 Å². The lowest BCUT2D eigenvalue weighted by molar-refractivity contribution is -0.121. The van der Waals surface area contributed by atoms with E-state index in [0.29, 0.717) is 26.0 Å². The summed E-state index contributed by atoms with van der Waals surface area (Å²) in [6.07, 6.45) is 1.20. The van der Waals surface area contributed by atoms with Gasteiger partial charge in [-0.05, 0) is 37.2 Å². The summed E-state index contributed by atoms with van der Waals surface area (Å²) >= 11 is 0. The van der Waals surface area contributed by atoms with Crippen LogP contribution >= 0.6 is 0 Å². The molecule has 0 aromatic heterocycles. The first-order chi connectivity index (χ1) is 9.76. The molecule has 5 nitrogen and oxygen atoms in total. The van der Waals surface area contributed by atoms with Crippen LogP contribution in [0.3, 0.4) is 0 Å². The molecule has 1 aromatic rings. The Labute approximate surface area is 120 Å². The van der Waals surface area contributed by atoms with Crippen molar-refractivity contribution in [2.75, 3.05) is 33.4 Å². The number of ether oxygens (including phenoxy) is 2. The maximum atomic E-state index is 11.5. The minimum atomic E-state index is 0.0706. The number of likely N-dealkylation sites (N-methyl/N-ethyl adjacent to an activating group) is 1. The van der Waals surface area contributed by atoms with E-state index in [4.69, 9.17) is 9.47 Å². The van der Waals surface area contributed by atoms with Gasteiger partial charge in [-0.2, -0.15) is 0 Å². The van der Waals surface area contributed by atoms with Gasteiger partial charge >= 0.3 is 0 Å². The first-order valence-electron chi connectivity index (χ1n) is 7.00. The Morgan fingerprint density at radius 3 is 2.50 bits per heavy atom. The van der Waals surface area contributed by atoms with Gasteiger partial charge in [0.25, 0.3) is 0 Å². The van der Waals surface area contributed by atoms with Crippen LogP contribution in [0, 0.1) is 0 Å². The van der Waals surface area contributed by atoms with E-state index >= 15 is 0 Å².